The van der Waals surface area contributed by atoms with E-state index >= 15 is 0 Å². The minimum absolute atomic E-state index is 0.185. The molecule has 8 heteroatoms. The number of piperidine rings is 1. The summed E-state index contributed by atoms with van der Waals surface area (Å²) in [5, 5.41) is 9.69. The van der Waals surface area contributed by atoms with Gasteiger partial charge in [0.2, 0.25) is 0 Å². The maximum Gasteiger partial charge on any atom is 0.410 e. The van der Waals surface area contributed by atoms with Crippen molar-refractivity contribution in [3.8, 4) is 6.19 Å². The second kappa shape index (κ2) is 9.40. The summed E-state index contributed by atoms with van der Waals surface area (Å²) in [6.07, 6.45) is 2.19. The molecule has 0 bridgehead atoms. The largest absolute Gasteiger partial charge is 0.445 e. The quantitative estimate of drug-likeness (QED) is 0.519. The van der Waals surface area contributed by atoms with Crippen molar-refractivity contribution in [2.75, 3.05) is 13.1 Å². The highest BCUT2D eigenvalue weighted by atomic mass is 32.2. The van der Waals surface area contributed by atoms with Crippen LogP contribution in [0, 0.1) is 32.2 Å². The van der Waals surface area contributed by atoms with E-state index in [1.54, 1.807) is 30.9 Å². The van der Waals surface area contributed by atoms with Crippen molar-refractivity contribution in [3.05, 3.63) is 64.7 Å². The molecule has 0 radical (unpaired) electrons. The van der Waals surface area contributed by atoms with Crippen LogP contribution in [0.5, 0.6) is 0 Å². The predicted octanol–water partition coefficient (Wildman–Crippen LogP) is 3.88. The lowest BCUT2D eigenvalue weighted by molar-refractivity contribution is 0.0826. The van der Waals surface area contributed by atoms with E-state index in [9.17, 15) is 18.5 Å². The molecular formula is C23H27N3O4S. The number of nitriles is 1. The van der Waals surface area contributed by atoms with Crippen molar-refractivity contribution < 1.29 is 17.9 Å². The molecule has 2 aromatic rings. The molecule has 1 heterocycles. The van der Waals surface area contributed by atoms with Gasteiger partial charge in [-0.3, -0.25) is 0 Å². The van der Waals surface area contributed by atoms with Gasteiger partial charge < -0.3 is 9.64 Å². The molecule has 0 unspecified atom stereocenters. The first kappa shape index (κ1) is 22.6. The number of aryl methyl sites for hydroxylation is 3. The number of hydrogen-bond donors (Lipinski definition) is 0. The Balaban J connectivity index is 1.66. The minimum Gasteiger partial charge on any atom is -0.445 e. The van der Waals surface area contributed by atoms with Gasteiger partial charge in [0.05, 0.1) is 10.9 Å². The zero-order chi connectivity index (χ0) is 22.6. The first-order valence-electron chi connectivity index (χ1n) is 10.2. The number of ether oxygens (including phenoxy) is 1. The summed E-state index contributed by atoms with van der Waals surface area (Å²) in [5.41, 5.74) is 3.12. The summed E-state index contributed by atoms with van der Waals surface area (Å²) >= 11 is 0. The highest BCUT2D eigenvalue weighted by Gasteiger charge is 2.36. The van der Waals surface area contributed by atoms with Gasteiger partial charge >= 0.3 is 6.09 Å². The topological polar surface area (TPSA) is 90.7 Å². The van der Waals surface area contributed by atoms with Crippen LogP contribution in [0.4, 0.5) is 4.79 Å². The standard InChI is InChI=1S/C23H27N3O4S/c1-17-13-18(2)22(19(3)14-17)31(28,29)26(16-24)21-9-11-25(12-10-21)23(27)30-15-20-7-5-4-6-8-20/h4-8,13-14,21H,9-12,15H2,1-3H3. The Morgan fingerprint density at radius 2 is 1.71 bits per heavy atom. The molecule has 7 nitrogen and oxygen atoms in total. The molecule has 1 aliphatic rings. The van der Waals surface area contributed by atoms with Gasteiger partial charge in [-0.2, -0.15) is 9.57 Å². The van der Waals surface area contributed by atoms with Crippen LogP contribution in [0.3, 0.4) is 0 Å². The normalized spacial score (nSPS) is 14.7. The number of benzene rings is 2. The Kier molecular flexibility index (Phi) is 6.86. The second-order valence-corrected chi connectivity index (χ2v) is 9.64. The Morgan fingerprint density at radius 3 is 2.26 bits per heavy atom. The molecular weight excluding hydrogens is 414 g/mol. The number of carbonyl (C=O) groups excluding carboxylic acids is 1. The van der Waals surface area contributed by atoms with Crippen molar-refractivity contribution in [2.24, 2.45) is 0 Å². The SMILES string of the molecule is Cc1cc(C)c(S(=O)(=O)N(C#N)C2CCN(C(=O)OCc3ccccc3)CC2)c(C)c1. The highest BCUT2D eigenvalue weighted by molar-refractivity contribution is 7.89. The molecule has 1 aliphatic heterocycles. The number of hydrogen-bond acceptors (Lipinski definition) is 5. The van der Waals surface area contributed by atoms with Crippen molar-refractivity contribution in [3.63, 3.8) is 0 Å². The van der Waals surface area contributed by atoms with Crippen LogP contribution in [0.25, 0.3) is 0 Å². The zero-order valence-corrected chi connectivity index (χ0v) is 18.9. The van der Waals surface area contributed by atoms with Gasteiger partial charge in [-0.1, -0.05) is 48.0 Å². The summed E-state index contributed by atoms with van der Waals surface area (Å²) < 4.78 is 32.8. The smallest absolute Gasteiger partial charge is 0.410 e. The van der Waals surface area contributed by atoms with Crippen molar-refractivity contribution in [1.82, 2.24) is 9.21 Å². The molecule has 0 N–H and O–H groups in total. The summed E-state index contributed by atoms with van der Waals surface area (Å²) in [6.45, 7) is 6.24. The molecule has 0 saturated carbocycles. The van der Waals surface area contributed by atoms with E-state index in [-0.39, 0.29) is 11.5 Å². The lowest BCUT2D eigenvalue weighted by Gasteiger charge is -2.35. The molecule has 0 aromatic heterocycles. The molecule has 3 rings (SSSR count). The number of sulfonamides is 1. The van der Waals surface area contributed by atoms with Crippen LogP contribution in [-0.2, 0) is 21.4 Å². The first-order valence-corrected chi connectivity index (χ1v) is 11.7. The summed E-state index contributed by atoms with van der Waals surface area (Å²) in [5.74, 6) is 0. The van der Waals surface area contributed by atoms with Crippen LogP contribution in [0.2, 0.25) is 0 Å². The first-order chi connectivity index (χ1) is 14.7. The number of amides is 1. The van der Waals surface area contributed by atoms with E-state index in [1.807, 2.05) is 43.4 Å². The van der Waals surface area contributed by atoms with Crippen LogP contribution in [-0.4, -0.2) is 42.8 Å². The van der Waals surface area contributed by atoms with E-state index < -0.39 is 22.2 Å². The number of nitrogens with zero attached hydrogens (tertiary/aromatic N) is 3. The summed E-state index contributed by atoms with van der Waals surface area (Å²) in [4.78, 5) is 14.1. The van der Waals surface area contributed by atoms with E-state index in [1.165, 1.54) is 0 Å². The fourth-order valence-corrected chi connectivity index (χ4v) is 5.94. The molecule has 2 aromatic carbocycles. The Labute approximate surface area is 183 Å². The predicted molar refractivity (Wildman–Crippen MR) is 117 cm³/mol. The third-order valence-electron chi connectivity index (χ3n) is 5.48. The van der Waals surface area contributed by atoms with E-state index in [2.05, 4.69) is 0 Å². The molecule has 0 spiro atoms. The number of carbonyl (C=O) groups is 1. The summed E-state index contributed by atoms with van der Waals surface area (Å²) in [7, 11) is -3.98. The van der Waals surface area contributed by atoms with Gasteiger partial charge in [-0.15, -0.1) is 0 Å². The molecule has 0 aliphatic carbocycles. The van der Waals surface area contributed by atoms with Gasteiger partial charge in [-0.05, 0) is 50.3 Å². The summed E-state index contributed by atoms with van der Waals surface area (Å²) in [6, 6.07) is 12.5. The van der Waals surface area contributed by atoms with E-state index in [0.29, 0.717) is 37.1 Å². The van der Waals surface area contributed by atoms with Crippen molar-refractivity contribution >= 4 is 16.1 Å². The average Bonchev–Trinajstić information content (AvgIpc) is 2.72. The molecule has 31 heavy (non-hydrogen) atoms. The van der Waals surface area contributed by atoms with Gasteiger partial charge in [0.25, 0.3) is 10.0 Å². The maximum absolute atomic E-state index is 13.3. The monoisotopic (exact) mass is 441 g/mol. The zero-order valence-electron chi connectivity index (χ0n) is 18.0. The molecule has 1 saturated heterocycles. The third kappa shape index (κ3) is 5.00. The highest BCUT2D eigenvalue weighted by Crippen LogP contribution is 2.29. The number of likely N-dealkylation sites (tertiary alicyclic amines) is 1. The van der Waals surface area contributed by atoms with Gasteiger partial charge in [0.15, 0.2) is 6.19 Å². The van der Waals surface area contributed by atoms with E-state index in [0.717, 1.165) is 15.4 Å². The van der Waals surface area contributed by atoms with Crippen LogP contribution in [0.15, 0.2) is 47.4 Å². The molecule has 1 amide bonds. The Morgan fingerprint density at radius 1 is 1.13 bits per heavy atom. The Hall–Kier alpha value is -3.05. The molecule has 0 atom stereocenters. The lowest BCUT2D eigenvalue weighted by Crippen LogP contribution is -2.47. The fourth-order valence-electron chi connectivity index (χ4n) is 4.10. The fraction of sp³-hybridized carbons (Fsp3) is 0.391. The second-order valence-electron chi connectivity index (χ2n) is 7.89. The lowest BCUT2D eigenvalue weighted by atomic mass is 10.1. The number of rotatable bonds is 5. The van der Waals surface area contributed by atoms with Crippen molar-refractivity contribution in [2.45, 2.75) is 51.2 Å². The third-order valence-corrected chi connectivity index (χ3v) is 7.54. The van der Waals surface area contributed by atoms with Crippen LogP contribution >= 0.6 is 0 Å². The van der Waals surface area contributed by atoms with Crippen LogP contribution in [0.1, 0.15) is 35.1 Å². The van der Waals surface area contributed by atoms with Gasteiger partial charge in [-0.25, -0.2) is 13.2 Å². The van der Waals surface area contributed by atoms with E-state index in [4.69, 9.17) is 4.74 Å². The van der Waals surface area contributed by atoms with Gasteiger partial charge in [0.1, 0.15) is 6.61 Å². The Bertz CT molecular complexity index is 1060. The van der Waals surface area contributed by atoms with Crippen LogP contribution < -0.4 is 0 Å². The maximum atomic E-state index is 13.3. The van der Waals surface area contributed by atoms with Crippen molar-refractivity contribution in [1.29, 1.82) is 5.26 Å². The van der Waals surface area contributed by atoms with Gasteiger partial charge in [0, 0.05) is 13.1 Å². The average molecular weight is 442 g/mol. The molecule has 1 fully saturated rings. The molecule has 164 valence electrons. The minimum atomic E-state index is -3.98.